The number of carbonyl (C=O) groups is 3. The van der Waals surface area contributed by atoms with E-state index in [0.29, 0.717) is 59.2 Å². The number of fused-ring (bicyclic) bond motifs is 2. The van der Waals surface area contributed by atoms with Crippen LogP contribution in [0.2, 0.25) is 0 Å². The zero-order chi connectivity index (χ0) is 36.7. The molecule has 15 heteroatoms. The molecule has 0 saturated carbocycles. The molecule has 4 aromatic rings. The first-order chi connectivity index (χ1) is 25.9. The smallest absolute Gasteiger partial charge is 0.345 e. The summed E-state index contributed by atoms with van der Waals surface area (Å²) in [5.74, 6) is 1.05. The maximum absolute atomic E-state index is 13.1. The van der Waals surface area contributed by atoms with Crippen molar-refractivity contribution < 1.29 is 28.3 Å². The van der Waals surface area contributed by atoms with Gasteiger partial charge in [0.1, 0.15) is 11.3 Å². The van der Waals surface area contributed by atoms with Crippen molar-refractivity contribution in [2.45, 2.75) is 61.9 Å². The number of unbranched alkanes of at least 4 members (excludes halogenated alkanes) is 1. The van der Waals surface area contributed by atoms with Gasteiger partial charge in [-0.25, -0.2) is 19.8 Å². The maximum atomic E-state index is 13.1. The molecule has 1 aromatic heterocycles. The monoisotopic (exact) mass is 774 g/mol. The van der Waals surface area contributed by atoms with Gasteiger partial charge in [0.2, 0.25) is 5.91 Å². The van der Waals surface area contributed by atoms with Gasteiger partial charge in [0.05, 0.1) is 54.4 Å². The van der Waals surface area contributed by atoms with Crippen LogP contribution >= 0.6 is 24.2 Å². The molecule has 0 spiro atoms. The molecule has 284 valence electrons. The van der Waals surface area contributed by atoms with Crippen molar-refractivity contribution in [3.8, 4) is 5.75 Å². The number of nitrogens with one attached hydrogen (secondary N) is 4. The lowest BCUT2D eigenvalue weighted by atomic mass is 9.98. The number of anilines is 1. The van der Waals surface area contributed by atoms with Crippen LogP contribution < -0.4 is 36.9 Å². The molecule has 4 N–H and O–H groups in total. The van der Waals surface area contributed by atoms with E-state index in [1.807, 2.05) is 65.3 Å². The summed E-state index contributed by atoms with van der Waals surface area (Å²) >= 11 is 1.88. The maximum Gasteiger partial charge on any atom is 0.345 e. The van der Waals surface area contributed by atoms with Crippen LogP contribution in [0.3, 0.4) is 0 Å². The third kappa shape index (κ3) is 9.00. The molecular weight excluding hydrogens is 732 g/mol. The number of methoxy groups -OCH3 is 1. The number of carbonyl (C=O) groups excluding carboxylic acids is 3. The predicted molar refractivity (Wildman–Crippen MR) is 211 cm³/mol. The second kappa shape index (κ2) is 17.9. The quantitative estimate of drug-likeness (QED) is 0.0401. The van der Waals surface area contributed by atoms with Crippen LogP contribution in [0.4, 0.5) is 10.5 Å². The number of nitrogens with zero attached hydrogens (tertiary/aromatic N) is 2. The summed E-state index contributed by atoms with van der Waals surface area (Å²) in [6, 6.07) is 24.2. The fourth-order valence-electron chi connectivity index (χ4n) is 6.93. The Bertz CT molecular complexity index is 2050. The molecule has 4 atom stereocenters. The molecule has 7 rings (SSSR count). The number of urea groups is 1. The molecule has 2 saturated heterocycles. The lowest BCUT2D eigenvalue weighted by Crippen LogP contribution is -2.38. The molecule has 3 aromatic carbocycles. The third-order valence-electron chi connectivity index (χ3n) is 9.70. The van der Waals surface area contributed by atoms with Crippen LogP contribution in [0.25, 0.3) is 11.0 Å². The Morgan fingerprint density at radius 2 is 1.81 bits per heavy atom. The Balaban J connectivity index is 0.00000497. The highest BCUT2D eigenvalue weighted by atomic mass is 35.5. The summed E-state index contributed by atoms with van der Waals surface area (Å²) in [4.78, 5) is 49.7. The molecule has 13 nitrogen and oxygen atoms in total. The van der Waals surface area contributed by atoms with E-state index in [-0.39, 0.29) is 49.1 Å². The fourth-order valence-corrected chi connectivity index (χ4v) is 8.48. The van der Waals surface area contributed by atoms with Crippen molar-refractivity contribution >= 4 is 64.4 Å². The van der Waals surface area contributed by atoms with Crippen molar-refractivity contribution in [2.75, 3.05) is 31.0 Å². The van der Waals surface area contributed by atoms with E-state index in [1.54, 1.807) is 37.4 Å². The highest BCUT2D eigenvalue weighted by Gasteiger charge is 2.42. The van der Waals surface area contributed by atoms with Crippen molar-refractivity contribution in [2.24, 2.45) is 5.10 Å². The van der Waals surface area contributed by atoms with E-state index in [4.69, 9.17) is 19.0 Å². The molecule has 3 amide bonds. The van der Waals surface area contributed by atoms with E-state index in [2.05, 4.69) is 21.5 Å². The number of halogens is 1. The highest BCUT2D eigenvalue weighted by Crippen LogP contribution is 2.37. The van der Waals surface area contributed by atoms with Crippen LogP contribution in [-0.2, 0) is 9.53 Å². The number of rotatable bonds is 15. The molecule has 4 heterocycles. The van der Waals surface area contributed by atoms with E-state index in [0.717, 1.165) is 41.7 Å². The topological polar surface area (TPSA) is 164 Å². The highest BCUT2D eigenvalue weighted by molar-refractivity contribution is 8.00. The van der Waals surface area contributed by atoms with Crippen molar-refractivity contribution in [1.29, 1.82) is 0 Å². The summed E-state index contributed by atoms with van der Waals surface area (Å²) in [5.41, 5.74) is 8.78. The summed E-state index contributed by atoms with van der Waals surface area (Å²) in [5, 5.41) is 13.8. The van der Waals surface area contributed by atoms with Gasteiger partial charge in [-0.1, -0.05) is 36.8 Å². The number of hydrogen-bond donors (Lipinski definition) is 4. The van der Waals surface area contributed by atoms with Crippen LogP contribution in [-0.4, -0.2) is 67.0 Å². The van der Waals surface area contributed by atoms with Crippen LogP contribution in [0, 0.1) is 0 Å². The number of amides is 3. The van der Waals surface area contributed by atoms with E-state index >= 15 is 0 Å². The Kier molecular flexibility index (Phi) is 12.8. The first-order valence-corrected chi connectivity index (χ1v) is 18.9. The lowest BCUT2D eigenvalue weighted by Gasteiger charge is -2.24. The molecule has 0 radical (unpaired) electrons. The van der Waals surface area contributed by atoms with Gasteiger partial charge in [0.25, 0.3) is 0 Å². The van der Waals surface area contributed by atoms with Crippen molar-refractivity contribution in [1.82, 2.24) is 21.5 Å². The first kappa shape index (κ1) is 38.7. The third-order valence-corrected chi connectivity index (χ3v) is 11.2. The summed E-state index contributed by atoms with van der Waals surface area (Å²) in [7, 11) is 1.59. The number of hydrazine groups is 1. The average molecular weight is 775 g/mol. The number of hydrazone groups is 1. The second-order valence-electron chi connectivity index (χ2n) is 13.3. The van der Waals surface area contributed by atoms with Gasteiger partial charge in [-0.2, -0.15) is 16.9 Å². The van der Waals surface area contributed by atoms with E-state index in [1.165, 1.54) is 0 Å². The van der Waals surface area contributed by atoms with E-state index < -0.39 is 11.6 Å². The minimum absolute atomic E-state index is 0. The molecule has 0 bridgehead atoms. The van der Waals surface area contributed by atoms with E-state index in [9.17, 15) is 19.2 Å². The number of ether oxygens (including phenoxy) is 2. The average Bonchev–Trinajstić information content (AvgIpc) is 3.89. The van der Waals surface area contributed by atoms with Crippen LogP contribution in [0.5, 0.6) is 5.75 Å². The van der Waals surface area contributed by atoms with Crippen LogP contribution in [0.1, 0.15) is 66.1 Å². The minimum Gasteiger partial charge on any atom is -0.497 e. The summed E-state index contributed by atoms with van der Waals surface area (Å²) in [6.45, 7) is 0.637. The van der Waals surface area contributed by atoms with Gasteiger partial charge in [0, 0.05) is 35.8 Å². The van der Waals surface area contributed by atoms with Gasteiger partial charge >= 0.3 is 17.6 Å². The summed E-state index contributed by atoms with van der Waals surface area (Å²) in [6.07, 6.45) is 4.07. The molecule has 1 unspecified atom stereocenters. The number of thioether (sulfide) groups is 1. The predicted octanol–water partition coefficient (Wildman–Crippen LogP) is 5.47. The second-order valence-corrected chi connectivity index (χ2v) is 14.5. The standard InChI is InChI=1S/C39H42N6O7S.ClH/c1-50-28-16-17-33-26(20-28)21-29(38(48)52-33)30-22-32(24-8-3-2-4-9-24)45(44-30)27-14-12-25(13-15-27)37(47)51-19-7-18-40-43-35(46)11-6-5-10-34-36-31(23-53-34)41-39(49)42-36;/h2-4,8-9,12-17,20-21,31-32,34,36,40H,5-7,10-11,18-19,22-23H2,1H3,(H,43,46)(H2,41,42,49);1H/t31-,32?,34-,36-;/m0./s1. The van der Waals surface area contributed by atoms with Crippen molar-refractivity contribution in [3.63, 3.8) is 0 Å². The first-order valence-electron chi connectivity index (χ1n) is 17.9. The Morgan fingerprint density at radius 1 is 1.00 bits per heavy atom. The van der Waals surface area contributed by atoms with Crippen LogP contribution in [0.15, 0.2) is 93.2 Å². The molecule has 54 heavy (non-hydrogen) atoms. The molecule has 0 aliphatic carbocycles. The van der Waals surface area contributed by atoms with Gasteiger partial charge in [-0.3, -0.25) is 15.2 Å². The lowest BCUT2D eigenvalue weighted by molar-refractivity contribution is -0.122. The SMILES string of the molecule is COc1ccc2oc(=O)c(C3=NN(c4ccc(C(=O)OCCCNNC(=O)CCCC[C@@H]5SC[C@@H]6NC(=O)N[C@@H]65)cc4)C(c4ccccc4)C3)cc2c1.Cl. The Morgan fingerprint density at radius 3 is 2.61 bits per heavy atom. The number of benzene rings is 3. The van der Waals surface area contributed by atoms with Gasteiger partial charge < -0.3 is 24.5 Å². The Hall–Kier alpha value is -5.05. The molecule has 2 fully saturated rings. The Labute approximate surface area is 323 Å². The van der Waals surface area contributed by atoms with Gasteiger partial charge in [0.15, 0.2) is 0 Å². The number of hydrogen-bond acceptors (Lipinski definition) is 11. The minimum atomic E-state index is -0.464. The van der Waals surface area contributed by atoms with Crippen molar-refractivity contribution in [3.05, 3.63) is 106 Å². The normalized spacial score (nSPS) is 20.1. The summed E-state index contributed by atoms with van der Waals surface area (Å²) < 4.78 is 16.5. The molecule has 3 aliphatic heterocycles. The van der Waals surface area contributed by atoms with Gasteiger partial charge in [-0.05, 0) is 73.4 Å². The fraction of sp³-hybridized carbons (Fsp3) is 0.359. The molecular formula is C39H43ClN6O7S. The molecule has 3 aliphatic rings. The van der Waals surface area contributed by atoms with Gasteiger partial charge in [-0.15, -0.1) is 12.4 Å². The zero-order valence-corrected chi connectivity index (χ0v) is 31.4. The largest absolute Gasteiger partial charge is 0.497 e. The zero-order valence-electron chi connectivity index (χ0n) is 29.7. The number of esters is 1.